The number of rotatable bonds is 6. The SMILES string of the molecule is CC(CN(C)C)NCc1cc(Cl)ccc1[N+](=O)[O-]. The number of hydrogen-bond donors (Lipinski definition) is 1. The summed E-state index contributed by atoms with van der Waals surface area (Å²) >= 11 is 5.86. The Bertz CT molecular complexity index is 424. The van der Waals surface area contributed by atoms with Crippen LogP contribution in [-0.4, -0.2) is 36.5 Å². The molecule has 0 aromatic heterocycles. The number of nitro groups is 1. The van der Waals surface area contributed by atoms with E-state index in [1.165, 1.54) is 12.1 Å². The van der Waals surface area contributed by atoms with Crippen molar-refractivity contribution in [1.82, 2.24) is 10.2 Å². The van der Waals surface area contributed by atoms with Gasteiger partial charge in [-0.2, -0.15) is 0 Å². The first kappa shape index (κ1) is 14.9. The van der Waals surface area contributed by atoms with Crippen molar-refractivity contribution in [3.63, 3.8) is 0 Å². The summed E-state index contributed by atoms with van der Waals surface area (Å²) in [6.07, 6.45) is 0. The summed E-state index contributed by atoms with van der Waals surface area (Å²) < 4.78 is 0. The standard InChI is InChI=1S/C12H18ClN3O2/c1-9(8-15(2)3)14-7-10-6-11(13)4-5-12(10)16(17)18/h4-6,9,14H,7-8H2,1-3H3. The monoisotopic (exact) mass is 271 g/mol. The van der Waals surface area contributed by atoms with Crippen LogP contribution in [0, 0.1) is 10.1 Å². The molecule has 1 rings (SSSR count). The van der Waals surface area contributed by atoms with Gasteiger partial charge in [-0.3, -0.25) is 10.1 Å². The predicted octanol–water partition coefficient (Wildman–Crippen LogP) is 2.29. The van der Waals surface area contributed by atoms with Crippen LogP contribution in [0.3, 0.4) is 0 Å². The third-order valence-electron chi connectivity index (χ3n) is 2.52. The van der Waals surface area contributed by atoms with Gasteiger partial charge in [0.2, 0.25) is 0 Å². The normalized spacial score (nSPS) is 12.7. The van der Waals surface area contributed by atoms with Crippen molar-refractivity contribution in [3.05, 3.63) is 38.9 Å². The van der Waals surface area contributed by atoms with Crippen LogP contribution in [0.15, 0.2) is 18.2 Å². The molecule has 5 nitrogen and oxygen atoms in total. The highest BCUT2D eigenvalue weighted by Gasteiger charge is 2.14. The second kappa shape index (κ2) is 6.68. The van der Waals surface area contributed by atoms with Crippen molar-refractivity contribution in [2.75, 3.05) is 20.6 Å². The Morgan fingerprint density at radius 3 is 2.72 bits per heavy atom. The summed E-state index contributed by atoms with van der Waals surface area (Å²) in [6.45, 7) is 3.34. The van der Waals surface area contributed by atoms with Gasteiger partial charge >= 0.3 is 0 Å². The van der Waals surface area contributed by atoms with Crippen molar-refractivity contribution < 1.29 is 4.92 Å². The van der Waals surface area contributed by atoms with Gasteiger partial charge in [-0.05, 0) is 33.2 Å². The molecular formula is C12H18ClN3O2. The van der Waals surface area contributed by atoms with Crippen molar-refractivity contribution in [3.8, 4) is 0 Å². The van der Waals surface area contributed by atoms with Crippen LogP contribution in [-0.2, 0) is 6.54 Å². The summed E-state index contributed by atoms with van der Waals surface area (Å²) in [5, 5.41) is 14.6. The molecule has 0 aliphatic heterocycles. The first-order valence-corrected chi connectivity index (χ1v) is 6.09. The predicted molar refractivity (Wildman–Crippen MR) is 73.0 cm³/mol. The molecular weight excluding hydrogens is 254 g/mol. The molecule has 1 unspecified atom stereocenters. The molecule has 0 saturated carbocycles. The number of benzene rings is 1. The van der Waals surface area contributed by atoms with E-state index >= 15 is 0 Å². The average molecular weight is 272 g/mol. The number of nitro benzene ring substituents is 1. The van der Waals surface area contributed by atoms with Gasteiger partial charge in [0.25, 0.3) is 5.69 Å². The van der Waals surface area contributed by atoms with Crippen LogP contribution in [0.4, 0.5) is 5.69 Å². The Hall–Kier alpha value is -1.17. The quantitative estimate of drug-likeness (QED) is 0.637. The summed E-state index contributed by atoms with van der Waals surface area (Å²) in [5.41, 5.74) is 0.710. The Balaban J connectivity index is 2.71. The number of nitrogens with zero attached hydrogens (tertiary/aromatic N) is 2. The molecule has 1 aromatic rings. The largest absolute Gasteiger partial charge is 0.309 e. The maximum Gasteiger partial charge on any atom is 0.273 e. The van der Waals surface area contributed by atoms with Crippen molar-refractivity contribution in [2.45, 2.75) is 19.5 Å². The minimum Gasteiger partial charge on any atom is -0.309 e. The van der Waals surface area contributed by atoms with E-state index in [4.69, 9.17) is 11.6 Å². The second-order valence-electron chi connectivity index (χ2n) is 4.57. The van der Waals surface area contributed by atoms with Crippen LogP contribution in [0.5, 0.6) is 0 Å². The molecule has 1 aromatic carbocycles. The number of hydrogen-bond acceptors (Lipinski definition) is 4. The fourth-order valence-corrected chi connectivity index (χ4v) is 1.96. The first-order valence-electron chi connectivity index (χ1n) is 5.71. The summed E-state index contributed by atoms with van der Waals surface area (Å²) in [5.74, 6) is 0. The van der Waals surface area contributed by atoms with E-state index in [2.05, 4.69) is 10.2 Å². The number of likely N-dealkylation sites (N-methyl/N-ethyl adjacent to an activating group) is 1. The Morgan fingerprint density at radius 2 is 2.17 bits per heavy atom. The third kappa shape index (κ3) is 4.60. The van der Waals surface area contributed by atoms with Gasteiger partial charge in [0.15, 0.2) is 0 Å². The van der Waals surface area contributed by atoms with Gasteiger partial charge in [0, 0.05) is 35.8 Å². The summed E-state index contributed by atoms with van der Waals surface area (Å²) in [7, 11) is 3.97. The Labute approximate surface area is 112 Å². The highest BCUT2D eigenvalue weighted by atomic mass is 35.5. The Morgan fingerprint density at radius 1 is 1.50 bits per heavy atom. The zero-order valence-corrected chi connectivity index (χ0v) is 11.6. The van der Waals surface area contributed by atoms with Crippen molar-refractivity contribution in [1.29, 1.82) is 0 Å². The first-order chi connectivity index (χ1) is 8.40. The van der Waals surface area contributed by atoms with E-state index in [-0.39, 0.29) is 16.7 Å². The smallest absolute Gasteiger partial charge is 0.273 e. The van der Waals surface area contributed by atoms with Gasteiger partial charge in [-0.25, -0.2) is 0 Å². The number of nitrogens with one attached hydrogen (secondary N) is 1. The molecule has 0 heterocycles. The zero-order valence-electron chi connectivity index (χ0n) is 10.8. The lowest BCUT2D eigenvalue weighted by atomic mass is 10.1. The van der Waals surface area contributed by atoms with E-state index in [0.717, 1.165) is 6.54 Å². The van der Waals surface area contributed by atoms with Crippen molar-refractivity contribution >= 4 is 17.3 Å². The molecule has 1 N–H and O–H groups in total. The highest BCUT2D eigenvalue weighted by Crippen LogP contribution is 2.22. The minimum absolute atomic E-state index is 0.101. The lowest BCUT2D eigenvalue weighted by Crippen LogP contribution is -2.35. The third-order valence-corrected chi connectivity index (χ3v) is 2.75. The van der Waals surface area contributed by atoms with Gasteiger partial charge in [-0.15, -0.1) is 0 Å². The number of halogens is 1. The molecule has 18 heavy (non-hydrogen) atoms. The van der Waals surface area contributed by atoms with E-state index in [0.29, 0.717) is 17.1 Å². The molecule has 0 fully saturated rings. The van der Waals surface area contributed by atoms with Crippen LogP contribution in [0.25, 0.3) is 0 Å². The highest BCUT2D eigenvalue weighted by molar-refractivity contribution is 6.30. The molecule has 6 heteroatoms. The van der Waals surface area contributed by atoms with Crippen LogP contribution in [0.1, 0.15) is 12.5 Å². The van der Waals surface area contributed by atoms with E-state index in [9.17, 15) is 10.1 Å². The fraction of sp³-hybridized carbons (Fsp3) is 0.500. The molecule has 1 atom stereocenters. The molecule has 0 amide bonds. The molecule has 0 bridgehead atoms. The molecule has 0 spiro atoms. The Kier molecular flexibility index (Phi) is 5.53. The van der Waals surface area contributed by atoms with E-state index in [1.807, 2.05) is 21.0 Å². The molecule has 0 saturated heterocycles. The lowest BCUT2D eigenvalue weighted by Gasteiger charge is -2.18. The van der Waals surface area contributed by atoms with Crippen LogP contribution < -0.4 is 5.32 Å². The second-order valence-corrected chi connectivity index (χ2v) is 5.01. The van der Waals surface area contributed by atoms with Gasteiger partial charge < -0.3 is 10.2 Å². The minimum atomic E-state index is -0.385. The zero-order chi connectivity index (χ0) is 13.7. The van der Waals surface area contributed by atoms with Gasteiger partial charge in [0.05, 0.1) is 4.92 Å². The molecule has 0 aliphatic carbocycles. The topological polar surface area (TPSA) is 58.4 Å². The lowest BCUT2D eigenvalue weighted by molar-refractivity contribution is -0.385. The molecule has 0 radical (unpaired) electrons. The van der Waals surface area contributed by atoms with Gasteiger partial charge in [-0.1, -0.05) is 11.6 Å². The molecule has 100 valence electrons. The summed E-state index contributed by atoms with van der Waals surface area (Å²) in [6, 6.07) is 4.86. The fourth-order valence-electron chi connectivity index (χ4n) is 1.77. The van der Waals surface area contributed by atoms with Crippen molar-refractivity contribution in [2.24, 2.45) is 0 Å². The average Bonchev–Trinajstić information content (AvgIpc) is 2.25. The van der Waals surface area contributed by atoms with Crippen LogP contribution >= 0.6 is 11.6 Å². The van der Waals surface area contributed by atoms with Crippen LogP contribution in [0.2, 0.25) is 5.02 Å². The summed E-state index contributed by atoms with van der Waals surface area (Å²) in [4.78, 5) is 12.6. The maximum absolute atomic E-state index is 10.9. The van der Waals surface area contributed by atoms with E-state index < -0.39 is 0 Å². The van der Waals surface area contributed by atoms with Gasteiger partial charge in [0.1, 0.15) is 0 Å². The molecule has 0 aliphatic rings. The maximum atomic E-state index is 10.9. The van der Waals surface area contributed by atoms with E-state index in [1.54, 1.807) is 6.07 Å².